The van der Waals surface area contributed by atoms with Gasteiger partial charge in [-0.15, -0.1) is 0 Å². The Hall–Kier alpha value is 0.220. The summed E-state index contributed by atoms with van der Waals surface area (Å²) in [5.74, 6) is -0.694. The topological polar surface area (TPSA) is 160 Å². The number of hydrogen-bond acceptors (Lipinski definition) is 11. The van der Waals surface area contributed by atoms with Gasteiger partial charge in [0.1, 0.15) is 30.1 Å². The molecule has 2 aliphatic heterocycles. The van der Waals surface area contributed by atoms with Crippen LogP contribution in [0.15, 0.2) is 12.2 Å². The molecule has 2 fully saturated rings. The number of allylic oxidation sites excluding steroid dienone is 2. The molecule has 0 bridgehead atoms. The van der Waals surface area contributed by atoms with Crippen molar-refractivity contribution >= 4 is 54.8 Å². The summed E-state index contributed by atoms with van der Waals surface area (Å²) in [6.07, 6.45) is 42.7. The Kier molecular flexibility index (Phi) is 57.1. The summed E-state index contributed by atoms with van der Waals surface area (Å²) in [5, 5.41) is 18.6. The van der Waals surface area contributed by atoms with E-state index < -0.39 is 55.0 Å². The van der Waals surface area contributed by atoms with E-state index >= 15 is 0 Å². The van der Waals surface area contributed by atoms with Gasteiger partial charge in [0.2, 0.25) is 11.8 Å². The number of ether oxygens (including phenoxy) is 7. The van der Waals surface area contributed by atoms with Crippen LogP contribution in [-0.2, 0) is 47.5 Å². The number of ketones is 1. The van der Waals surface area contributed by atoms with E-state index in [2.05, 4.69) is 94.6 Å². The van der Waals surface area contributed by atoms with E-state index in [-0.39, 0.29) is 42.6 Å². The molecule has 13 nitrogen and oxygen atoms in total. The summed E-state index contributed by atoms with van der Waals surface area (Å²) in [6.45, 7) is 14.0. The molecular formula is C68H128I3N2O11-. The van der Waals surface area contributed by atoms with Crippen LogP contribution in [0.5, 0.6) is 0 Å². The zero-order chi connectivity index (χ0) is 61.7. The molecule has 2 amide bonds. The van der Waals surface area contributed by atoms with Crippen LogP contribution >= 0.6 is 37.2 Å². The molecule has 2 rings (SSSR count). The summed E-state index contributed by atoms with van der Waals surface area (Å²) < 4.78 is 44.9. The van der Waals surface area contributed by atoms with E-state index in [1.54, 1.807) is 14.2 Å². The average Bonchev–Trinajstić information content (AvgIpc) is 3.54. The molecule has 0 aromatic heterocycles. The molecule has 0 spiro atoms. The van der Waals surface area contributed by atoms with E-state index in [4.69, 9.17) is 33.2 Å². The fourth-order valence-electron chi connectivity index (χ4n) is 11.7. The summed E-state index contributed by atoms with van der Waals surface area (Å²) in [6, 6.07) is -1.35. The Bertz CT molecular complexity index is 1550. The predicted molar refractivity (Wildman–Crippen MR) is 360 cm³/mol. The Labute approximate surface area is 545 Å². The van der Waals surface area contributed by atoms with Crippen molar-refractivity contribution in [1.29, 1.82) is 0 Å². The number of aliphatic hydroxyl groups is 1. The molecule has 11 atom stereocenters. The molecular weight excluding hydrogens is 1400 g/mol. The number of hydrogen-bond donors (Lipinski definition) is 3. The molecule has 498 valence electrons. The van der Waals surface area contributed by atoms with Gasteiger partial charge >= 0.3 is 50.5 Å². The van der Waals surface area contributed by atoms with Gasteiger partial charge in [0, 0.05) is 46.2 Å². The third-order valence-corrected chi connectivity index (χ3v) is 17.0. The number of halogens is 3. The number of unbranched alkanes of at least 4 members (excludes halogenated alkanes) is 30. The van der Waals surface area contributed by atoms with Crippen LogP contribution in [0.2, 0.25) is 0 Å². The molecule has 0 aromatic rings. The second kappa shape index (κ2) is 58.3. The van der Waals surface area contributed by atoms with Crippen molar-refractivity contribution in [3.63, 3.8) is 0 Å². The SMILES string of the molecule is CCCCCC/C=C\CCCCCCCCCC(=O)NC1C(OCC2OC(C)C(NC(=O)CC(=O)CCCCCCCCCCC)C(OCCCCCCCCCC)C2O)OC(COC)C(C)C1OCCC(CCCCCCC)OC.I[I-]I. The minimum absolute atomic E-state index is 0.0647. The van der Waals surface area contributed by atoms with Gasteiger partial charge in [0.05, 0.1) is 50.1 Å². The number of aliphatic hydroxyl groups excluding tert-OH is 1. The third-order valence-electron chi connectivity index (χ3n) is 17.0. The van der Waals surface area contributed by atoms with Crippen molar-refractivity contribution in [3.05, 3.63) is 12.2 Å². The van der Waals surface area contributed by atoms with Crippen LogP contribution in [0.3, 0.4) is 0 Å². The first-order valence-electron chi connectivity index (χ1n) is 34.4. The molecule has 0 aliphatic carbocycles. The monoisotopic (exact) mass is 1530 g/mol. The van der Waals surface area contributed by atoms with E-state index in [1.807, 2.05) is 6.92 Å². The number of carbonyl (C=O) groups excluding carboxylic acids is 3. The average molecular weight is 1530 g/mol. The molecule has 0 radical (unpaired) electrons. The van der Waals surface area contributed by atoms with Crippen molar-refractivity contribution in [1.82, 2.24) is 10.6 Å². The molecule has 2 heterocycles. The maximum absolute atomic E-state index is 14.0. The molecule has 16 heteroatoms. The van der Waals surface area contributed by atoms with Gasteiger partial charge in [-0.2, -0.15) is 0 Å². The number of nitrogens with one attached hydrogen (secondary N) is 2. The van der Waals surface area contributed by atoms with Crippen LogP contribution in [0, 0.1) is 5.92 Å². The maximum atomic E-state index is 14.0. The predicted octanol–water partition coefficient (Wildman–Crippen LogP) is 14.5. The number of methoxy groups -OCH3 is 2. The van der Waals surface area contributed by atoms with Crippen LogP contribution in [0.1, 0.15) is 298 Å². The second-order valence-corrected chi connectivity index (χ2v) is 40.7. The fraction of sp³-hybridized carbons (Fsp3) is 0.926. The van der Waals surface area contributed by atoms with Crippen LogP contribution in [0.4, 0.5) is 0 Å². The summed E-state index contributed by atoms with van der Waals surface area (Å²) in [7, 11) is 3.43. The molecule has 84 heavy (non-hydrogen) atoms. The van der Waals surface area contributed by atoms with Gasteiger partial charge in [-0.1, -0.05) is 227 Å². The molecule has 3 N–H and O–H groups in total. The van der Waals surface area contributed by atoms with E-state index in [9.17, 15) is 19.5 Å². The minimum atomic E-state index is -1.18. The van der Waals surface area contributed by atoms with Crippen molar-refractivity contribution in [2.45, 2.75) is 359 Å². The quantitative estimate of drug-likeness (QED) is 0.0230. The molecule has 0 saturated carbocycles. The number of carbonyl (C=O) groups is 3. The van der Waals surface area contributed by atoms with Crippen molar-refractivity contribution < 1.29 is 65.9 Å². The zero-order valence-electron chi connectivity index (χ0n) is 54.8. The normalized spacial score (nSPS) is 22.9. The van der Waals surface area contributed by atoms with E-state index in [0.29, 0.717) is 45.9 Å². The van der Waals surface area contributed by atoms with Crippen LogP contribution < -0.4 is 23.9 Å². The standard InChI is InChI=1S/C68H128N2O11.I3/c1-9-13-17-21-24-27-28-29-30-31-32-34-36-40-44-48-61(72)69-64-66(78-51-49-58(76-8)47-43-38-20-16-12-4)55(5)59(53-75-7)81-68(64)79-54-60-65(74)67(77-50-45-41-37-26-23-19-15-11-3)63(56(6)80-60)70-62(73)52-57(71)46-42-39-35-33-25-22-18-14-10-2;1-3-2/h27-28,55-56,58-60,63-68,74H,9-26,29-54H2,1-8H3,(H,69,72)(H,70,73);/q;-1/b28-27-;. The van der Waals surface area contributed by atoms with Crippen LogP contribution in [-0.4, -0.2) is 124 Å². The van der Waals surface area contributed by atoms with Gasteiger partial charge in [-0.3, -0.25) is 14.4 Å². The Morgan fingerprint density at radius 3 is 1.52 bits per heavy atom. The van der Waals surface area contributed by atoms with Gasteiger partial charge in [0.25, 0.3) is 0 Å². The number of Topliss-reactive ketones (excluding diaryl/α,β-unsaturated/α-hetero) is 1. The third kappa shape index (κ3) is 41.6. The van der Waals surface area contributed by atoms with Gasteiger partial charge in [-0.25, -0.2) is 0 Å². The van der Waals surface area contributed by atoms with Gasteiger partial charge in [0.15, 0.2) is 6.29 Å². The van der Waals surface area contributed by atoms with Crippen molar-refractivity contribution in [2.24, 2.45) is 5.92 Å². The van der Waals surface area contributed by atoms with Crippen molar-refractivity contribution in [2.75, 3.05) is 40.6 Å². The Balaban J connectivity index is 0.0000115. The van der Waals surface area contributed by atoms with E-state index in [1.165, 1.54) is 154 Å². The van der Waals surface area contributed by atoms with Crippen LogP contribution in [0.25, 0.3) is 0 Å². The van der Waals surface area contributed by atoms with E-state index in [0.717, 1.165) is 83.5 Å². The summed E-state index contributed by atoms with van der Waals surface area (Å²) >= 11 is 5.30. The number of rotatable bonds is 55. The Morgan fingerprint density at radius 1 is 0.524 bits per heavy atom. The first-order valence-corrected chi connectivity index (χ1v) is 47.0. The Morgan fingerprint density at radius 2 is 0.988 bits per heavy atom. The second-order valence-electron chi connectivity index (χ2n) is 24.4. The molecule has 11 unspecified atom stereocenters. The summed E-state index contributed by atoms with van der Waals surface area (Å²) in [5.41, 5.74) is 0. The first kappa shape index (κ1) is 82.2. The fourth-order valence-corrected chi connectivity index (χ4v) is 11.7. The molecule has 2 aliphatic rings. The van der Waals surface area contributed by atoms with Gasteiger partial charge < -0.3 is 48.9 Å². The van der Waals surface area contributed by atoms with Gasteiger partial charge in [-0.05, 0) is 64.7 Å². The number of amides is 2. The zero-order valence-corrected chi connectivity index (χ0v) is 61.3. The van der Waals surface area contributed by atoms with Crippen molar-refractivity contribution in [3.8, 4) is 0 Å². The molecule has 0 aromatic carbocycles. The molecule has 2 saturated heterocycles. The summed E-state index contributed by atoms with van der Waals surface area (Å²) in [4.78, 5) is 40.6. The first-order chi connectivity index (χ1) is 41.0.